The first-order chi connectivity index (χ1) is 10.7. The molecule has 1 aliphatic rings. The minimum atomic E-state index is -3.67. The number of alkyl halides is 1. The average Bonchev–Trinajstić information content (AvgIpc) is 2.68. The Labute approximate surface area is 138 Å². The Kier molecular flexibility index (Phi) is 4.99. The third kappa shape index (κ3) is 3.79. The van der Waals surface area contributed by atoms with Crippen LogP contribution < -0.4 is 4.52 Å². The van der Waals surface area contributed by atoms with Gasteiger partial charge in [0, 0.05) is 4.83 Å². The van der Waals surface area contributed by atoms with Crippen molar-refractivity contribution in [1.29, 1.82) is 0 Å². The van der Waals surface area contributed by atoms with Gasteiger partial charge in [-0.05, 0) is 24.1 Å². The topological polar surface area (TPSA) is 44.8 Å². The molecule has 0 unspecified atom stereocenters. The van der Waals surface area contributed by atoms with Crippen LogP contribution in [0.5, 0.6) is 5.75 Å². The third-order valence-corrected chi connectivity index (χ3v) is 5.66. The summed E-state index contributed by atoms with van der Waals surface area (Å²) in [6.45, 7) is 0.309. The molecule has 6 heteroatoms. The molecule has 2 aromatic rings. The number of phosphoric ester groups is 1. The highest BCUT2D eigenvalue weighted by Crippen LogP contribution is 2.56. The van der Waals surface area contributed by atoms with Gasteiger partial charge in [-0.25, -0.2) is 4.57 Å². The summed E-state index contributed by atoms with van der Waals surface area (Å²) < 4.78 is 29.5. The molecule has 1 aliphatic heterocycles. The molecule has 2 aromatic carbocycles. The van der Waals surface area contributed by atoms with Gasteiger partial charge in [-0.2, -0.15) is 0 Å². The molecule has 1 heterocycles. The van der Waals surface area contributed by atoms with Crippen LogP contribution in [0.4, 0.5) is 0 Å². The number of para-hydroxylation sites is 1. The number of hydrogen-bond acceptors (Lipinski definition) is 4. The van der Waals surface area contributed by atoms with E-state index in [2.05, 4.69) is 15.9 Å². The van der Waals surface area contributed by atoms with Crippen LogP contribution in [0.25, 0.3) is 0 Å². The quantitative estimate of drug-likeness (QED) is 0.546. The molecular formula is C16H16BrO4P. The smallest absolute Gasteiger partial charge is 0.404 e. The Hall–Kier alpha value is -1.13. The number of halogens is 1. The molecule has 22 heavy (non-hydrogen) atoms. The van der Waals surface area contributed by atoms with Gasteiger partial charge < -0.3 is 4.52 Å². The second-order valence-electron chi connectivity index (χ2n) is 4.93. The van der Waals surface area contributed by atoms with E-state index in [0.717, 1.165) is 5.56 Å². The van der Waals surface area contributed by atoms with Crippen molar-refractivity contribution < 1.29 is 18.1 Å². The Balaban J connectivity index is 1.85. The second kappa shape index (κ2) is 6.97. The van der Waals surface area contributed by atoms with E-state index in [1.165, 1.54) is 0 Å². The van der Waals surface area contributed by atoms with Gasteiger partial charge in [-0.1, -0.05) is 64.5 Å². The minimum absolute atomic E-state index is 0.00472. The van der Waals surface area contributed by atoms with Gasteiger partial charge in [0.15, 0.2) is 0 Å². The van der Waals surface area contributed by atoms with Crippen LogP contribution >= 0.6 is 23.8 Å². The first-order valence-electron chi connectivity index (χ1n) is 7.03. The summed E-state index contributed by atoms with van der Waals surface area (Å²) in [5.74, 6) is 0.464. The van der Waals surface area contributed by atoms with Gasteiger partial charge in [-0.15, -0.1) is 0 Å². The fraction of sp³-hybridized carbons (Fsp3) is 0.250. The molecule has 0 bridgehead atoms. The van der Waals surface area contributed by atoms with Gasteiger partial charge in [-0.3, -0.25) is 9.05 Å². The predicted octanol–water partition coefficient (Wildman–Crippen LogP) is 5.12. The molecule has 3 atom stereocenters. The lowest BCUT2D eigenvalue weighted by Crippen LogP contribution is -2.14. The third-order valence-electron chi connectivity index (χ3n) is 3.30. The molecule has 0 aromatic heterocycles. The number of benzene rings is 2. The lowest BCUT2D eigenvalue weighted by molar-refractivity contribution is 0.137. The largest absolute Gasteiger partial charge is 0.530 e. The molecule has 0 amide bonds. The summed E-state index contributed by atoms with van der Waals surface area (Å²) in [6.07, 6.45) is 0.292. The Morgan fingerprint density at radius 1 is 1.05 bits per heavy atom. The summed E-state index contributed by atoms with van der Waals surface area (Å²) >= 11 is 3.60. The van der Waals surface area contributed by atoms with Crippen molar-refractivity contribution in [2.75, 3.05) is 6.61 Å². The number of hydrogen-bond donors (Lipinski definition) is 0. The number of rotatable bonds is 3. The maximum absolute atomic E-state index is 12.9. The predicted molar refractivity (Wildman–Crippen MR) is 88.2 cm³/mol. The fourth-order valence-corrected chi connectivity index (χ4v) is 4.41. The standard InChI is InChI=1S/C16H16BrO4P/c17-15-11-12-19-22(18,20-14-9-5-2-6-10-14)21-16(15)13-7-3-1-4-8-13/h1-10,15-16H,11-12H2/t15-,16+,22-/m1/s1. The highest BCUT2D eigenvalue weighted by molar-refractivity contribution is 9.09. The fourth-order valence-electron chi connectivity index (χ4n) is 2.23. The van der Waals surface area contributed by atoms with Crippen molar-refractivity contribution in [2.45, 2.75) is 17.4 Å². The van der Waals surface area contributed by atoms with Crippen molar-refractivity contribution in [3.63, 3.8) is 0 Å². The number of phosphoric acid groups is 1. The zero-order chi connectivity index (χ0) is 15.4. The Bertz CT molecular complexity index is 650. The van der Waals surface area contributed by atoms with Crippen molar-refractivity contribution in [1.82, 2.24) is 0 Å². The molecule has 3 rings (SSSR count). The molecule has 0 spiro atoms. The van der Waals surface area contributed by atoms with Crippen molar-refractivity contribution >= 4 is 23.8 Å². The van der Waals surface area contributed by atoms with Crippen LogP contribution in [0.1, 0.15) is 18.1 Å². The zero-order valence-corrected chi connectivity index (χ0v) is 14.3. The van der Waals surface area contributed by atoms with Gasteiger partial charge in [0.25, 0.3) is 0 Å². The molecule has 0 radical (unpaired) electrons. The van der Waals surface area contributed by atoms with E-state index >= 15 is 0 Å². The van der Waals surface area contributed by atoms with Crippen molar-refractivity contribution in [3.8, 4) is 5.75 Å². The minimum Gasteiger partial charge on any atom is -0.404 e. The van der Waals surface area contributed by atoms with E-state index in [1.54, 1.807) is 24.3 Å². The average molecular weight is 383 g/mol. The summed E-state index contributed by atoms with van der Waals surface area (Å²) in [7, 11) is -3.67. The van der Waals surface area contributed by atoms with Gasteiger partial charge >= 0.3 is 7.82 Å². The van der Waals surface area contributed by atoms with E-state index in [9.17, 15) is 4.57 Å². The molecular weight excluding hydrogens is 367 g/mol. The molecule has 1 saturated heterocycles. The maximum Gasteiger partial charge on any atom is 0.530 e. The Morgan fingerprint density at radius 2 is 1.68 bits per heavy atom. The highest BCUT2D eigenvalue weighted by atomic mass is 79.9. The van der Waals surface area contributed by atoms with Gasteiger partial charge in [0.1, 0.15) is 11.9 Å². The van der Waals surface area contributed by atoms with E-state index in [-0.39, 0.29) is 4.83 Å². The zero-order valence-electron chi connectivity index (χ0n) is 11.8. The summed E-state index contributed by atoms with van der Waals surface area (Å²) in [4.78, 5) is 0.00472. The second-order valence-corrected chi connectivity index (χ2v) is 7.65. The van der Waals surface area contributed by atoms with Crippen LogP contribution in [-0.2, 0) is 13.6 Å². The summed E-state index contributed by atoms with van der Waals surface area (Å²) in [5, 5.41) is 0. The van der Waals surface area contributed by atoms with Gasteiger partial charge in [0.2, 0.25) is 0 Å². The van der Waals surface area contributed by atoms with Crippen LogP contribution in [0.15, 0.2) is 60.7 Å². The van der Waals surface area contributed by atoms with Crippen molar-refractivity contribution in [3.05, 3.63) is 66.2 Å². The van der Waals surface area contributed by atoms with E-state index in [0.29, 0.717) is 18.8 Å². The molecule has 1 fully saturated rings. The molecule has 4 nitrogen and oxygen atoms in total. The first kappa shape index (κ1) is 15.8. The molecule has 116 valence electrons. The SMILES string of the molecule is O=[P@]1(Oc2ccccc2)OCC[C@@H](Br)[C@H](c2ccccc2)O1. The molecule has 0 aliphatic carbocycles. The van der Waals surface area contributed by atoms with Crippen LogP contribution in [-0.4, -0.2) is 11.4 Å². The highest BCUT2D eigenvalue weighted by Gasteiger charge is 2.39. The van der Waals surface area contributed by atoms with E-state index < -0.39 is 13.9 Å². The van der Waals surface area contributed by atoms with E-state index in [4.69, 9.17) is 13.6 Å². The van der Waals surface area contributed by atoms with Gasteiger partial charge in [0.05, 0.1) is 6.61 Å². The molecule has 0 N–H and O–H groups in total. The Morgan fingerprint density at radius 3 is 2.36 bits per heavy atom. The van der Waals surface area contributed by atoms with Crippen LogP contribution in [0, 0.1) is 0 Å². The van der Waals surface area contributed by atoms with Crippen molar-refractivity contribution in [2.24, 2.45) is 0 Å². The lowest BCUT2D eigenvalue weighted by atomic mass is 10.1. The maximum atomic E-state index is 12.9. The summed E-state index contributed by atoms with van der Waals surface area (Å²) in [5.41, 5.74) is 0.937. The van der Waals surface area contributed by atoms with Crippen LogP contribution in [0.2, 0.25) is 0 Å². The first-order valence-corrected chi connectivity index (χ1v) is 9.40. The lowest BCUT2D eigenvalue weighted by Gasteiger charge is -2.23. The molecule has 0 saturated carbocycles. The van der Waals surface area contributed by atoms with Crippen LogP contribution in [0.3, 0.4) is 0 Å². The van der Waals surface area contributed by atoms with E-state index in [1.807, 2.05) is 36.4 Å². The monoisotopic (exact) mass is 382 g/mol. The summed E-state index contributed by atoms with van der Waals surface area (Å²) in [6, 6.07) is 18.6. The normalized spacial score (nSPS) is 28.8.